The van der Waals surface area contributed by atoms with Crippen molar-refractivity contribution >= 4 is 11.7 Å². The molecule has 0 aliphatic rings. The Morgan fingerprint density at radius 3 is 2.15 bits per heavy atom. The molecule has 1 amide bonds. The SMILES string of the molecule is C=C(N)C(C)CC(CC(C)c1cccc(C(=O)c2ccccc2)c1)C(N)=O. The highest BCUT2D eigenvalue weighted by atomic mass is 16.1. The highest BCUT2D eigenvalue weighted by Gasteiger charge is 2.23. The fraction of sp³-hybridized carbons (Fsp3) is 0.304. The number of primary amides is 1. The Morgan fingerprint density at radius 2 is 1.56 bits per heavy atom. The molecule has 0 aromatic heterocycles. The zero-order valence-corrected chi connectivity index (χ0v) is 16.0. The predicted octanol–water partition coefficient (Wildman–Crippen LogP) is 4.01. The Balaban J connectivity index is 2.16. The molecule has 0 bridgehead atoms. The summed E-state index contributed by atoms with van der Waals surface area (Å²) in [4.78, 5) is 24.6. The number of allylic oxidation sites excluding steroid dienone is 1. The van der Waals surface area contributed by atoms with Crippen LogP contribution in [0.15, 0.2) is 66.9 Å². The highest BCUT2D eigenvalue weighted by molar-refractivity contribution is 6.09. The van der Waals surface area contributed by atoms with Crippen molar-refractivity contribution in [1.82, 2.24) is 0 Å². The molecule has 0 radical (unpaired) electrons. The van der Waals surface area contributed by atoms with E-state index in [1.165, 1.54) is 0 Å². The van der Waals surface area contributed by atoms with E-state index in [0.29, 0.717) is 29.7 Å². The van der Waals surface area contributed by atoms with Gasteiger partial charge in [-0.1, -0.05) is 69.0 Å². The van der Waals surface area contributed by atoms with Gasteiger partial charge in [0.1, 0.15) is 0 Å². The first kappa shape index (κ1) is 20.4. The van der Waals surface area contributed by atoms with Crippen LogP contribution < -0.4 is 11.5 Å². The van der Waals surface area contributed by atoms with E-state index >= 15 is 0 Å². The number of hydrogen-bond donors (Lipinski definition) is 2. The minimum Gasteiger partial charge on any atom is -0.402 e. The molecule has 0 aliphatic heterocycles. The van der Waals surface area contributed by atoms with Crippen LogP contribution in [-0.2, 0) is 4.79 Å². The van der Waals surface area contributed by atoms with Gasteiger partial charge in [0.2, 0.25) is 5.91 Å². The lowest BCUT2D eigenvalue weighted by molar-refractivity contribution is -0.122. The Hall–Kier alpha value is -2.88. The quantitative estimate of drug-likeness (QED) is 0.659. The summed E-state index contributed by atoms with van der Waals surface area (Å²) in [7, 11) is 0. The van der Waals surface area contributed by atoms with Crippen molar-refractivity contribution in [3.05, 3.63) is 83.6 Å². The molecule has 0 spiro atoms. The Labute approximate surface area is 161 Å². The molecule has 2 aromatic carbocycles. The first-order valence-corrected chi connectivity index (χ1v) is 9.22. The first-order valence-electron chi connectivity index (χ1n) is 9.22. The maximum atomic E-state index is 12.7. The maximum absolute atomic E-state index is 12.7. The number of hydrogen-bond acceptors (Lipinski definition) is 3. The fourth-order valence-corrected chi connectivity index (χ4v) is 3.21. The Morgan fingerprint density at radius 1 is 0.926 bits per heavy atom. The van der Waals surface area contributed by atoms with Crippen LogP contribution >= 0.6 is 0 Å². The van der Waals surface area contributed by atoms with E-state index in [1.807, 2.05) is 68.4 Å². The standard InChI is InChI=1S/C23H28N2O2/c1-15(17(3)24)12-21(23(25)27)13-16(2)19-10-7-11-20(14-19)22(26)18-8-5-4-6-9-18/h4-11,14-16,21H,3,12-13,24H2,1-2H3,(H2,25,27). The van der Waals surface area contributed by atoms with Gasteiger partial charge >= 0.3 is 0 Å². The average molecular weight is 364 g/mol. The van der Waals surface area contributed by atoms with Crippen molar-refractivity contribution in [3.63, 3.8) is 0 Å². The van der Waals surface area contributed by atoms with Gasteiger partial charge in [-0.05, 0) is 36.3 Å². The second kappa shape index (κ2) is 9.17. The third-order valence-electron chi connectivity index (χ3n) is 5.07. The molecule has 3 unspecified atom stereocenters. The molecular formula is C23H28N2O2. The molecule has 3 atom stereocenters. The van der Waals surface area contributed by atoms with Crippen LogP contribution in [0.2, 0.25) is 0 Å². The molecule has 2 rings (SSSR count). The summed E-state index contributed by atoms with van der Waals surface area (Å²) in [5.74, 6) is -0.510. The van der Waals surface area contributed by atoms with E-state index in [1.54, 1.807) is 0 Å². The van der Waals surface area contributed by atoms with E-state index in [4.69, 9.17) is 11.5 Å². The van der Waals surface area contributed by atoms with Crippen LogP contribution in [0, 0.1) is 11.8 Å². The highest BCUT2D eigenvalue weighted by Crippen LogP contribution is 2.29. The molecule has 0 fully saturated rings. The van der Waals surface area contributed by atoms with Crippen molar-refractivity contribution in [1.29, 1.82) is 0 Å². The Bertz CT molecular complexity index is 814. The zero-order valence-electron chi connectivity index (χ0n) is 16.0. The monoisotopic (exact) mass is 364 g/mol. The number of amides is 1. The largest absolute Gasteiger partial charge is 0.402 e. The summed E-state index contributed by atoms with van der Waals surface area (Å²) in [6.07, 6.45) is 1.19. The summed E-state index contributed by atoms with van der Waals surface area (Å²) in [5, 5.41) is 0. The summed E-state index contributed by atoms with van der Waals surface area (Å²) in [5.41, 5.74) is 14.2. The van der Waals surface area contributed by atoms with Crippen molar-refractivity contribution in [2.24, 2.45) is 23.3 Å². The van der Waals surface area contributed by atoms with Crippen LogP contribution in [0.3, 0.4) is 0 Å². The Kier molecular flexibility index (Phi) is 6.94. The van der Waals surface area contributed by atoms with Gasteiger partial charge in [0.15, 0.2) is 5.78 Å². The molecule has 2 aromatic rings. The summed E-state index contributed by atoms with van der Waals surface area (Å²) >= 11 is 0. The van der Waals surface area contributed by atoms with Crippen LogP contribution in [0.1, 0.15) is 54.1 Å². The van der Waals surface area contributed by atoms with Crippen LogP contribution in [0.25, 0.3) is 0 Å². The molecule has 4 heteroatoms. The predicted molar refractivity (Wildman–Crippen MR) is 109 cm³/mol. The van der Waals surface area contributed by atoms with Gasteiger partial charge in [-0.2, -0.15) is 0 Å². The number of benzene rings is 2. The van der Waals surface area contributed by atoms with E-state index in [0.717, 1.165) is 5.56 Å². The smallest absolute Gasteiger partial charge is 0.220 e. The van der Waals surface area contributed by atoms with E-state index in [-0.39, 0.29) is 29.4 Å². The van der Waals surface area contributed by atoms with Crippen LogP contribution in [-0.4, -0.2) is 11.7 Å². The first-order chi connectivity index (χ1) is 12.8. The summed E-state index contributed by atoms with van der Waals surface area (Å²) < 4.78 is 0. The van der Waals surface area contributed by atoms with Crippen LogP contribution in [0.5, 0.6) is 0 Å². The van der Waals surface area contributed by atoms with Crippen molar-refractivity contribution < 1.29 is 9.59 Å². The van der Waals surface area contributed by atoms with E-state index < -0.39 is 0 Å². The molecule has 27 heavy (non-hydrogen) atoms. The maximum Gasteiger partial charge on any atom is 0.220 e. The molecule has 0 saturated carbocycles. The number of rotatable bonds is 9. The second-order valence-corrected chi connectivity index (χ2v) is 7.27. The lowest BCUT2D eigenvalue weighted by atomic mass is 9.83. The van der Waals surface area contributed by atoms with Gasteiger partial charge in [-0.15, -0.1) is 0 Å². The zero-order chi connectivity index (χ0) is 20.0. The lowest BCUT2D eigenvalue weighted by Crippen LogP contribution is -2.27. The molecule has 0 saturated heterocycles. The number of carbonyl (C=O) groups is 2. The third-order valence-corrected chi connectivity index (χ3v) is 5.07. The summed E-state index contributed by atoms with van der Waals surface area (Å²) in [6, 6.07) is 16.8. The molecule has 142 valence electrons. The molecular weight excluding hydrogens is 336 g/mol. The van der Waals surface area contributed by atoms with Gasteiger partial charge in [0.05, 0.1) is 0 Å². The minimum atomic E-state index is -0.327. The van der Waals surface area contributed by atoms with Crippen molar-refractivity contribution in [3.8, 4) is 0 Å². The molecule has 4 nitrogen and oxygen atoms in total. The second-order valence-electron chi connectivity index (χ2n) is 7.27. The van der Waals surface area contributed by atoms with Gasteiger partial charge < -0.3 is 11.5 Å². The van der Waals surface area contributed by atoms with E-state index in [9.17, 15) is 9.59 Å². The molecule has 4 N–H and O–H groups in total. The fourth-order valence-electron chi connectivity index (χ4n) is 3.21. The third kappa shape index (κ3) is 5.55. The van der Waals surface area contributed by atoms with Gasteiger partial charge in [-0.3, -0.25) is 9.59 Å². The van der Waals surface area contributed by atoms with Gasteiger partial charge in [0.25, 0.3) is 0 Å². The number of ketones is 1. The van der Waals surface area contributed by atoms with Crippen LogP contribution in [0.4, 0.5) is 0 Å². The van der Waals surface area contributed by atoms with Gasteiger partial charge in [-0.25, -0.2) is 0 Å². The average Bonchev–Trinajstić information content (AvgIpc) is 2.67. The van der Waals surface area contributed by atoms with Gasteiger partial charge in [0, 0.05) is 22.7 Å². The van der Waals surface area contributed by atoms with Crippen molar-refractivity contribution in [2.75, 3.05) is 0 Å². The molecule has 0 heterocycles. The molecule has 0 aliphatic carbocycles. The number of nitrogens with two attached hydrogens (primary N) is 2. The van der Waals surface area contributed by atoms with Crippen molar-refractivity contribution in [2.45, 2.75) is 32.6 Å². The van der Waals surface area contributed by atoms with E-state index in [2.05, 4.69) is 6.58 Å². The minimum absolute atomic E-state index is 0.0100. The normalized spacial score (nSPS) is 14.1. The lowest BCUT2D eigenvalue weighted by Gasteiger charge is -2.22. The topological polar surface area (TPSA) is 86.2 Å². The summed E-state index contributed by atoms with van der Waals surface area (Å²) in [6.45, 7) is 7.74. The number of carbonyl (C=O) groups excluding carboxylic acids is 2.